The molecule has 0 spiro atoms. The van der Waals surface area contributed by atoms with Gasteiger partial charge in [-0.25, -0.2) is 4.79 Å². The van der Waals surface area contributed by atoms with Crippen LogP contribution in [0.25, 0.3) is 0 Å². The van der Waals surface area contributed by atoms with Crippen molar-refractivity contribution in [2.24, 2.45) is 0 Å². The monoisotopic (exact) mass is 1330 g/mol. The first-order valence-corrected chi connectivity index (χ1v) is 40.4. The average Bonchev–Trinajstić information content (AvgIpc) is 2.92. The molecule has 2 atom stereocenters. The van der Waals surface area contributed by atoms with Crippen LogP contribution in [-0.4, -0.2) is 87.4 Å². The Balaban J connectivity index is 3.96. The van der Waals surface area contributed by atoms with Crippen LogP contribution in [0.15, 0.2) is 97.2 Å². The molecule has 0 heterocycles. The van der Waals surface area contributed by atoms with E-state index in [1.807, 2.05) is 21.1 Å². The van der Waals surface area contributed by atoms with Gasteiger partial charge in [-0.1, -0.05) is 368 Å². The summed E-state index contributed by atoms with van der Waals surface area (Å²) in [7, 11) is 5.99. The lowest BCUT2D eigenvalue weighted by atomic mass is 10.0. The van der Waals surface area contributed by atoms with E-state index in [2.05, 4.69) is 111 Å². The van der Waals surface area contributed by atoms with Crippen molar-refractivity contribution in [3.05, 3.63) is 97.2 Å². The lowest BCUT2D eigenvalue weighted by Crippen LogP contribution is -2.40. The molecule has 0 radical (unpaired) electrons. The number of carbonyl (C=O) groups is 3. The molecule has 95 heavy (non-hydrogen) atoms. The van der Waals surface area contributed by atoms with Crippen molar-refractivity contribution >= 4 is 17.9 Å². The maximum atomic E-state index is 13.0. The highest BCUT2D eigenvalue weighted by atomic mass is 16.7. The summed E-state index contributed by atoms with van der Waals surface area (Å²) in [5, 5.41) is 9.78. The summed E-state index contributed by atoms with van der Waals surface area (Å²) >= 11 is 0. The highest BCUT2D eigenvalue weighted by Gasteiger charge is 2.25. The Kier molecular flexibility index (Phi) is 72.9. The van der Waals surface area contributed by atoms with E-state index >= 15 is 0 Å². The first-order valence-electron chi connectivity index (χ1n) is 40.4. The summed E-state index contributed by atoms with van der Waals surface area (Å²) in [6.45, 7) is 4.71. The van der Waals surface area contributed by atoms with Gasteiger partial charge in [0.05, 0.1) is 34.4 Å². The number of unbranched alkanes of at least 4 members (excludes halogenated alkanes) is 44. The SMILES string of the molecule is CC/C=C\C/C=C\C/C=C\C/C=C\CCCCCCCCCCCCCCCCCCCCCCCCCCCCC(=O)OC(COC(=O)CCCCCCCCCCCCCCCCCCCC/C=C\C/C=C\C/C=C\C/C=C\CC)COC(OCC[N+](C)(C)C)C(=O)O. The van der Waals surface area contributed by atoms with E-state index in [-0.39, 0.29) is 38.2 Å². The highest BCUT2D eigenvalue weighted by Crippen LogP contribution is 2.19. The molecule has 2 unspecified atom stereocenters. The molecular weight excluding hydrogens is 1170 g/mol. The summed E-state index contributed by atoms with van der Waals surface area (Å²) in [5.74, 6) is -1.98. The molecule has 0 bridgehead atoms. The Bertz CT molecular complexity index is 1890. The molecule has 0 amide bonds. The van der Waals surface area contributed by atoms with Crippen molar-refractivity contribution in [1.82, 2.24) is 0 Å². The zero-order chi connectivity index (χ0) is 69.0. The summed E-state index contributed by atoms with van der Waals surface area (Å²) in [6.07, 6.45) is 103. The second-order valence-corrected chi connectivity index (χ2v) is 28.3. The molecule has 0 aromatic heterocycles. The third-order valence-electron chi connectivity index (χ3n) is 17.8. The minimum atomic E-state index is -1.51. The minimum absolute atomic E-state index is 0.179. The Morgan fingerprint density at radius 3 is 0.842 bits per heavy atom. The number of ether oxygens (including phenoxy) is 4. The van der Waals surface area contributed by atoms with Crippen LogP contribution < -0.4 is 0 Å². The standard InChI is InChI=1S/C86H153NO8/c1-6-8-10-12-14-16-18-20-22-24-26-28-30-32-34-36-38-39-40-41-42-43-44-45-47-49-51-53-55-57-59-61-63-65-67-69-71-73-75-77-84(89)95-82(81-94-86(85(90)91)92-79-78-87(3,4)5)80-93-83(88)76-74-72-70-68-66-64-62-60-58-56-54-52-50-48-46-37-35-33-31-29-27-25-23-21-19-17-15-13-11-9-7-2/h8-11,14-17,20-23,26-29,82,86H,6-7,12-13,18-19,24-25,30-81H2,1-5H3/p+1/b10-8-,11-9-,16-14-,17-15-,22-20-,23-21-,28-26-,29-27-. The maximum absolute atomic E-state index is 13.0. The highest BCUT2D eigenvalue weighted by molar-refractivity contribution is 5.71. The third kappa shape index (κ3) is 77.4. The van der Waals surface area contributed by atoms with Crippen molar-refractivity contribution in [1.29, 1.82) is 0 Å². The van der Waals surface area contributed by atoms with Crippen LogP contribution in [-0.2, 0) is 33.3 Å². The summed E-state index contributed by atoms with van der Waals surface area (Å²) < 4.78 is 23.1. The van der Waals surface area contributed by atoms with Gasteiger partial charge >= 0.3 is 17.9 Å². The number of esters is 2. The Hall–Kier alpha value is -3.79. The van der Waals surface area contributed by atoms with Gasteiger partial charge in [-0.2, -0.15) is 0 Å². The van der Waals surface area contributed by atoms with Crippen LogP contribution in [0.2, 0.25) is 0 Å². The molecule has 0 rings (SSSR count). The fourth-order valence-electron chi connectivity index (χ4n) is 11.8. The lowest BCUT2D eigenvalue weighted by molar-refractivity contribution is -0.870. The quantitative estimate of drug-likeness (QED) is 0.0211. The van der Waals surface area contributed by atoms with Crippen LogP contribution in [0.4, 0.5) is 0 Å². The molecule has 0 aromatic carbocycles. The van der Waals surface area contributed by atoms with Gasteiger partial charge in [0.2, 0.25) is 0 Å². The van der Waals surface area contributed by atoms with Crippen LogP contribution in [0, 0.1) is 0 Å². The van der Waals surface area contributed by atoms with E-state index in [0.29, 0.717) is 17.4 Å². The molecule has 0 aromatic rings. The number of aliphatic carboxylic acids is 1. The van der Waals surface area contributed by atoms with E-state index in [1.165, 1.54) is 257 Å². The summed E-state index contributed by atoms with van der Waals surface area (Å²) in [4.78, 5) is 37.8. The van der Waals surface area contributed by atoms with Gasteiger partial charge in [0.15, 0.2) is 6.10 Å². The minimum Gasteiger partial charge on any atom is -0.477 e. The Morgan fingerprint density at radius 1 is 0.316 bits per heavy atom. The van der Waals surface area contributed by atoms with E-state index in [1.54, 1.807) is 0 Å². The first kappa shape index (κ1) is 91.2. The van der Waals surface area contributed by atoms with Gasteiger partial charge in [-0.05, 0) is 89.9 Å². The van der Waals surface area contributed by atoms with E-state index < -0.39 is 18.4 Å². The van der Waals surface area contributed by atoms with Gasteiger partial charge in [0, 0.05) is 12.8 Å². The molecule has 0 aliphatic carbocycles. The van der Waals surface area contributed by atoms with Crippen molar-refractivity contribution in [3.8, 4) is 0 Å². The number of rotatable bonds is 75. The fourth-order valence-corrected chi connectivity index (χ4v) is 11.8. The van der Waals surface area contributed by atoms with Gasteiger partial charge < -0.3 is 28.5 Å². The second-order valence-electron chi connectivity index (χ2n) is 28.3. The molecule has 9 heteroatoms. The number of hydrogen-bond donors (Lipinski definition) is 1. The number of carboxylic acid groups (broad SMARTS) is 1. The van der Waals surface area contributed by atoms with E-state index in [9.17, 15) is 19.5 Å². The molecular formula is C86H154NO8+. The first-order chi connectivity index (χ1) is 46.6. The van der Waals surface area contributed by atoms with Crippen LogP contribution >= 0.6 is 0 Å². The zero-order valence-corrected chi connectivity index (χ0v) is 63.1. The number of carbonyl (C=O) groups excluding carboxylic acids is 2. The number of carboxylic acids is 1. The number of hydrogen-bond acceptors (Lipinski definition) is 7. The van der Waals surface area contributed by atoms with Crippen molar-refractivity contribution in [3.63, 3.8) is 0 Å². The fraction of sp³-hybridized carbons (Fsp3) is 0.779. The second kappa shape index (κ2) is 76.0. The molecule has 0 saturated heterocycles. The van der Waals surface area contributed by atoms with Crippen LogP contribution in [0.5, 0.6) is 0 Å². The van der Waals surface area contributed by atoms with Crippen molar-refractivity contribution in [2.75, 3.05) is 47.5 Å². The van der Waals surface area contributed by atoms with Crippen LogP contribution in [0.3, 0.4) is 0 Å². The van der Waals surface area contributed by atoms with Crippen molar-refractivity contribution < 1.29 is 42.9 Å². The number of allylic oxidation sites excluding steroid dienone is 16. The van der Waals surface area contributed by atoms with Gasteiger partial charge in [-0.3, -0.25) is 9.59 Å². The van der Waals surface area contributed by atoms with E-state index in [4.69, 9.17) is 18.9 Å². The van der Waals surface area contributed by atoms with Crippen molar-refractivity contribution in [2.45, 2.75) is 386 Å². The molecule has 0 saturated carbocycles. The van der Waals surface area contributed by atoms with Crippen LogP contribution in [0.1, 0.15) is 373 Å². The Labute approximate surface area is 588 Å². The van der Waals surface area contributed by atoms with Gasteiger partial charge in [0.1, 0.15) is 13.2 Å². The lowest BCUT2D eigenvalue weighted by Gasteiger charge is -2.25. The number of nitrogens with zero attached hydrogens (tertiary/aromatic N) is 1. The largest absolute Gasteiger partial charge is 0.477 e. The van der Waals surface area contributed by atoms with Gasteiger partial charge in [0.25, 0.3) is 6.29 Å². The third-order valence-corrected chi connectivity index (χ3v) is 17.8. The zero-order valence-electron chi connectivity index (χ0n) is 63.1. The molecule has 550 valence electrons. The van der Waals surface area contributed by atoms with Gasteiger partial charge in [-0.15, -0.1) is 0 Å². The predicted octanol–water partition coefficient (Wildman–Crippen LogP) is 25.9. The molecule has 9 nitrogen and oxygen atoms in total. The summed E-state index contributed by atoms with van der Waals surface area (Å²) in [6, 6.07) is 0. The summed E-state index contributed by atoms with van der Waals surface area (Å²) in [5.41, 5.74) is 0. The predicted molar refractivity (Wildman–Crippen MR) is 410 cm³/mol. The van der Waals surface area contributed by atoms with E-state index in [0.717, 1.165) is 89.9 Å². The normalized spacial score (nSPS) is 13.1. The molecule has 0 aliphatic rings. The number of quaternary nitrogens is 1. The topological polar surface area (TPSA) is 108 Å². The molecule has 1 N–H and O–H groups in total. The average molecular weight is 1330 g/mol. The smallest absolute Gasteiger partial charge is 0.361 e. The Morgan fingerprint density at radius 2 is 0.568 bits per heavy atom. The molecule has 0 fully saturated rings. The molecule has 0 aliphatic heterocycles. The maximum Gasteiger partial charge on any atom is 0.361 e. The number of likely N-dealkylation sites (N-methyl/N-ethyl adjacent to an activating group) is 1.